The van der Waals surface area contributed by atoms with Gasteiger partial charge >= 0.3 is 5.97 Å². The smallest absolute Gasteiger partial charge is 0.304 e. The minimum atomic E-state index is -0.822. The number of carbonyl (C=O) groups excluding carboxylic acids is 1. The summed E-state index contributed by atoms with van der Waals surface area (Å²) in [4.78, 5) is 24.3. The maximum atomic E-state index is 11.7. The highest BCUT2D eigenvalue weighted by molar-refractivity contribution is 5.78. The Hall–Kier alpha value is -1.10. The van der Waals surface area contributed by atoms with Gasteiger partial charge in [-0.25, -0.2) is 0 Å². The highest BCUT2D eigenvalue weighted by Crippen LogP contribution is 2.03. The number of carboxylic acids is 1. The Morgan fingerprint density at radius 1 is 1.11 bits per heavy atom. The number of carboxylic acid groups (broad SMARTS) is 1. The lowest BCUT2D eigenvalue weighted by molar-refractivity contribution is -0.137. The van der Waals surface area contributed by atoms with Crippen LogP contribution < -0.4 is 5.32 Å². The molecule has 19 heavy (non-hydrogen) atoms. The summed E-state index contributed by atoms with van der Waals surface area (Å²) < 4.78 is 0. The van der Waals surface area contributed by atoms with Crippen LogP contribution in [0.4, 0.5) is 0 Å². The maximum absolute atomic E-state index is 11.7. The van der Waals surface area contributed by atoms with Gasteiger partial charge in [-0.3, -0.25) is 14.5 Å². The molecule has 5 heteroatoms. The monoisotopic (exact) mass is 272 g/mol. The van der Waals surface area contributed by atoms with E-state index in [1.165, 1.54) is 0 Å². The third-order valence-electron chi connectivity index (χ3n) is 2.74. The van der Waals surface area contributed by atoms with Crippen LogP contribution in [0.5, 0.6) is 0 Å². The molecule has 0 aliphatic heterocycles. The van der Waals surface area contributed by atoms with E-state index in [0.29, 0.717) is 24.9 Å². The van der Waals surface area contributed by atoms with Gasteiger partial charge in [-0.1, -0.05) is 27.7 Å². The van der Waals surface area contributed by atoms with Gasteiger partial charge in [0.25, 0.3) is 0 Å². The number of nitrogens with zero attached hydrogens (tertiary/aromatic N) is 1. The molecule has 0 fully saturated rings. The molecule has 0 aromatic heterocycles. The summed E-state index contributed by atoms with van der Waals surface area (Å²) in [5, 5.41) is 11.6. The first-order valence-electron chi connectivity index (χ1n) is 7.02. The molecule has 0 bridgehead atoms. The maximum Gasteiger partial charge on any atom is 0.304 e. The number of carbonyl (C=O) groups is 2. The number of hydrogen-bond donors (Lipinski definition) is 2. The van der Waals surface area contributed by atoms with Crippen LogP contribution in [0.15, 0.2) is 0 Å². The van der Waals surface area contributed by atoms with E-state index >= 15 is 0 Å². The first-order chi connectivity index (χ1) is 8.81. The number of rotatable bonds is 10. The Labute approximate surface area is 116 Å². The van der Waals surface area contributed by atoms with Crippen LogP contribution in [0.3, 0.4) is 0 Å². The second-order valence-corrected chi connectivity index (χ2v) is 5.80. The average Bonchev–Trinajstić information content (AvgIpc) is 2.29. The Bertz CT molecular complexity index is 278. The first-order valence-corrected chi connectivity index (χ1v) is 7.02. The van der Waals surface area contributed by atoms with Crippen LogP contribution >= 0.6 is 0 Å². The van der Waals surface area contributed by atoms with E-state index < -0.39 is 5.97 Å². The van der Waals surface area contributed by atoms with Crippen molar-refractivity contribution in [2.75, 3.05) is 26.2 Å². The lowest BCUT2D eigenvalue weighted by atomic mass is 10.1. The van der Waals surface area contributed by atoms with Crippen molar-refractivity contribution in [2.45, 2.75) is 40.5 Å². The van der Waals surface area contributed by atoms with E-state index in [9.17, 15) is 9.59 Å². The quantitative estimate of drug-likeness (QED) is 0.633. The Kier molecular flexibility index (Phi) is 9.21. The zero-order valence-electron chi connectivity index (χ0n) is 12.6. The minimum absolute atomic E-state index is 0.0251. The third kappa shape index (κ3) is 11.7. The van der Waals surface area contributed by atoms with Crippen molar-refractivity contribution < 1.29 is 14.7 Å². The predicted octanol–water partition coefficient (Wildman–Crippen LogP) is 1.58. The second-order valence-electron chi connectivity index (χ2n) is 5.80. The van der Waals surface area contributed by atoms with Gasteiger partial charge in [-0.05, 0) is 24.8 Å². The van der Waals surface area contributed by atoms with Crippen LogP contribution in [0.1, 0.15) is 40.5 Å². The molecule has 1 amide bonds. The van der Waals surface area contributed by atoms with Crippen molar-refractivity contribution in [1.29, 1.82) is 0 Å². The van der Waals surface area contributed by atoms with Crippen LogP contribution in [-0.4, -0.2) is 48.1 Å². The molecule has 112 valence electrons. The van der Waals surface area contributed by atoms with Gasteiger partial charge in [0.1, 0.15) is 0 Å². The zero-order valence-corrected chi connectivity index (χ0v) is 12.6. The van der Waals surface area contributed by atoms with E-state index in [4.69, 9.17) is 5.11 Å². The Morgan fingerprint density at radius 2 is 1.74 bits per heavy atom. The molecule has 5 nitrogen and oxygen atoms in total. The summed E-state index contributed by atoms with van der Waals surface area (Å²) in [6.45, 7) is 10.5. The van der Waals surface area contributed by atoms with Crippen LogP contribution in [-0.2, 0) is 9.59 Å². The van der Waals surface area contributed by atoms with Gasteiger partial charge < -0.3 is 10.4 Å². The molecular weight excluding hydrogens is 244 g/mol. The van der Waals surface area contributed by atoms with E-state index in [1.54, 1.807) is 0 Å². The molecule has 0 aliphatic rings. The second kappa shape index (κ2) is 9.78. The van der Waals surface area contributed by atoms with Gasteiger partial charge in [0.2, 0.25) is 5.91 Å². The third-order valence-corrected chi connectivity index (χ3v) is 2.74. The molecule has 0 saturated heterocycles. The van der Waals surface area contributed by atoms with Crippen LogP contribution in [0.25, 0.3) is 0 Å². The van der Waals surface area contributed by atoms with E-state index in [-0.39, 0.29) is 18.9 Å². The standard InChI is InChI=1S/C14H28N2O3/c1-11(2)5-7-16(8-6-14(18)19)10-13(17)15-9-12(3)4/h11-12H,5-10H2,1-4H3,(H,15,17)(H,18,19). The van der Waals surface area contributed by atoms with Gasteiger partial charge in [-0.15, -0.1) is 0 Å². The molecule has 0 unspecified atom stereocenters. The Balaban J connectivity index is 4.15. The molecule has 0 aromatic carbocycles. The molecule has 0 rings (SSSR count). The zero-order chi connectivity index (χ0) is 14.8. The van der Waals surface area contributed by atoms with Crippen molar-refractivity contribution >= 4 is 11.9 Å². The van der Waals surface area contributed by atoms with Crippen molar-refractivity contribution in [2.24, 2.45) is 11.8 Å². The molecule has 0 heterocycles. The van der Waals surface area contributed by atoms with Crippen molar-refractivity contribution in [1.82, 2.24) is 10.2 Å². The molecule has 0 atom stereocenters. The predicted molar refractivity (Wildman–Crippen MR) is 76.0 cm³/mol. The molecular formula is C14H28N2O3. The summed E-state index contributed by atoms with van der Waals surface area (Å²) in [6, 6.07) is 0. The molecule has 0 aliphatic carbocycles. The van der Waals surface area contributed by atoms with Crippen LogP contribution in [0.2, 0.25) is 0 Å². The number of hydrogen-bond acceptors (Lipinski definition) is 3. The molecule has 0 spiro atoms. The summed E-state index contributed by atoms with van der Waals surface area (Å²) in [5.41, 5.74) is 0. The summed E-state index contributed by atoms with van der Waals surface area (Å²) in [6.07, 6.45) is 1.05. The van der Waals surface area contributed by atoms with E-state index in [2.05, 4.69) is 19.2 Å². The van der Waals surface area contributed by atoms with Crippen LogP contribution in [0, 0.1) is 11.8 Å². The number of nitrogens with one attached hydrogen (secondary N) is 1. The Morgan fingerprint density at radius 3 is 2.21 bits per heavy atom. The highest BCUT2D eigenvalue weighted by Gasteiger charge is 2.12. The van der Waals surface area contributed by atoms with Gasteiger partial charge in [0, 0.05) is 13.1 Å². The first kappa shape index (κ1) is 17.9. The number of aliphatic carboxylic acids is 1. The van der Waals surface area contributed by atoms with Gasteiger partial charge in [0.15, 0.2) is 0 Å². The average molecular weight is 272 g/mol. The molecule has 0 aromatic rings. The highest BCUT2D eigenvalue weighted by atomic mass is 16.4. The van der Waals surface area contributed by atoms with Gasteiger partial charge in [0.05, 0.1) is 13.0 Å². The van der Waals surface area contributed by atoms with E-state index in [1.807, 2.05) is 18.7 Å². The largest absolute Gasteiger partial charge is 0.481 e. The van der Waals surface area contributed by atoms with Crippen molar-refractivity contribution in [3.05, 3.63) is 0 Å². The minimum Gasteiger partial charge on any atom is -0.481 e. The normalized spacial score (nSPS) is 11.3. The lowest BCUT2D eigenvalue weighted by Crippen LogP contribution is -2.40. The molecule has 0 radical (unpaired) electrons. The van der Waals surface area contributed by atoms with Crippen molar-refractivity contribution in [3.63, 3.8) is 0 Å². The summed E-state index contributed by atoms with van der Waals surface area (Å²) >= 11 is 0. The fraction of sp³-hybridized carbons (Fsp3) is 0.857. The number of amides is 1. The molecule has 0 saturated carbocycles. The lowest BCUT2D eigenvalue weighted by Gasteiger charge is -2.22. The van der Waals surface area contributed by atoms with Gasteiger partial charge in [-0.2, -0.15) is 0 Å². The van der Waals surface area contributed by atoms with E-state index in [0.717, 1.165) is 13.0 Å². The van der Waals surface area contributed by atoms with Crippen molar-refractivity contribution in [3.8, 4) is 0 Å². The fourth-order valence-corrected chi connectivity index (χ4v) is 1.54. The summed E-state index contributed by atoms with van der Waals surface area (Å²) in [5.74, 6) is 0.123. The summed E-state index contributed by atoms with van der Waals surface area (Å²) in [7, 11) is 0. The fourth-order valence-electron chi connectivity index (χ4n) is 1.54. The molecule has 2 N–H and O–H groups in total. The topological polar surface area (TPSA) is 69.6 Å². The SMILES string of the molecule is CC(C)CCN(CCC(=O)O)CC(=O)NCC(C)C.